The summed E-state index contributed by atoms with van der Waals surface area (Å²) in [7, 11) is 0. The Morgan fingerprint density at radius 1 is 1.06 bits per heavy atom. The minimum absolute atomic E-state index is 0.169. The second-order valence-electron chi connectivity index (χ2n) is 10.1. The molecule has 2 atom stereocenters. The molecule has 6 rings (SSSR count). The monoisotopic (exact) mass is 465 g/mol. The second-order valence-corrected chi connectivity index (χ2v) is 10.1. The molecule has 2 saturated heterocycles. The van der Waals surface area contributed by atoms with Crippen molar-refractivity contribution < 1.29 is 4.79 Å². The van der Waals surface area contributed by atoms with Gasteiger partial charge in [-0.15, -0.1) is 0 Å². The molecule has 1 aromatic carbocycles. The first-order valence-electron chi connectivity index (χ1n) is 12.6. The first-order valence-corrected chi connectivity index (χ1v) is 12.6. The van der Waals surface area contributed by atoms with Crippen LogP contribution in [0.5, 0.6) is 0 Å². The van der Waals surface area contributed by atoms with Gasteiger partial charge in [-0.1, -0.05) is 12.1 Å². The molecule has 4 aromatic rings. The summed E-state index contributed by atoms with van der Waals surface area (Å²) in [6, 6.07) is 19.0. The third-order valence-electron chi connectivity index (χ3n) is 7.70. The van der Waals surface area contributed by atoms with E-state index in [4.69, 9.17) is 4.98 Å². The summed E-state index contributed by atoms with van der Waals surface area (Å²) in [6.07, 6.45) is 9.05. The van der Waals surface area contributed by atoms with E-state index >= 15 is 0 Å². The SMILES string of the molecule is Cc1ccc(C(=O)N2[C@H]3CC[C@H]2CC(Cc2ccc4cc[nH]c4n2)C3)cc1NCc1ccccn1. The average Bonchev–Trinajstić information content (AvgIpc) is 3.45. The zero-order chi connectivity index (χ0) is 23.8. The molecule has 2 aliphatic rings. The van der Waals surface area contributed by atoms with Gasteiger partial charge < -0.3 is 15.2 Å². The zero-order valence-electron chi connectivity index (χ0n) is 20.1. The van der Waals surface area contributed by atoms with Gasteiger partial charge >= 0.3 is 0 Å². The van der Waals surface area contributed by atoms with Crippen LogP contribution in [0.3, 0.4) is 0 Å². The first-order chi connectivity index (χ1) is 17.1. The molecular weight excluding hydrogens is 434 g/mol. The van der Waals surface area contributed by atoms with Crippen molar-refractivity contribution >= 4 is 22.6 Å². The van der Waals surface area contributed by atoms with E-state index in [0.717, 1.165) is 71.3 Å². The standard InChI is InChI=1S/C29H31N5O/c1-19-5-6-22(17-27(19)32-18-24-4-2-3-12-30-24)29(35)34-25-9-10-26(34)16-20(15-25)14-23-8-7-21-11-13-31-28(21)33-23/h2-8,11-13,17,20,25-26,32H,9-10,14-16,18H2,1H3,(H,31,33)/t25-,26-/m0/s1. The lowest BCUT2D eigenvalue weighted by atomic mass is 9.86. The zero-order valence-corrected chi connectivity index (χ0v) is 20.1. The molecule has 5 heterocycles. The number of hydrogen-bond donors (Lipinski definition) is 2. The molecule has 2 bridgehead atoms. The Bertz CT molecular complexity index is 1330. The van der Waals surface area contributed by atoms with E-state index in [1.54, 1.807) is 6.20 Å². The normalized spacial score (nSPS) is 21.4. The maximum absolute atomic E-state index is 13.6. The van der Waals surface area contributed by atoms with Crippen molar-refractivity contribution in [1.82, 2.24) is 19.9 Å². The molecule has 2 fully saturated rings. The van der Waals surface area contributed by atoms with Crippen LogP contribution in [0.1, 0.15) is 53.0 Å². The summed E-state index contributed by atoms with van der Waals surface area (Å²) in [4.78, 5) is 28.3. The number of pyridine rings is 2. The number of hydrogen-bond acceptors (Lipinski definition) is 4. The fourth-order valence-electron chi connectivity index (χ4n) is 5.95. The molecule has 0 radical (unpaired) electrons. The highest BCUT2D eigenvalue weighted by atomic mass is 16.2. The van der Waals surface area contributed by atoms with Gasteiger partial charge in [0.05, 0.1) is 12.2 Å². The lowest BCUT2D eigenvalue weighted by Gasteiger charge is -2.39. The molecule has 1 amide bonds. The number of nitrogens with one attached hydrogen (secondary N) is 2. The molecule has 3 aromatic heterocycles. The first kappa shape index (κ1) is 21.8. The van der Waals surface area contributed by atoms with Crippen molar-refractivity contribution in [2.45, 2.75) is 57.7 Å². The minimum atomic E-state index is 0.169. The predicted octanol–water partition coefficient (Wildman–Crippen LogP) is 5.50. The van der Waals surface area contributed by atoms with E-state index in [9.17, 15) is 4.79 Å². The van der Waals surface area contributed by atoms with Crippen molar-refractivity contribution in [2.75, 3.05) is 5.32 Å². The fraction of sp³-hybridized carbons (Fsp3) is 0.345. The molecule has 2 aliphatic heterocycles. The number of anilines is 1. The van der Waals surface area contributed by atoms with Gasteiger partial charge in [-0.25, -0.2) is 4.98 Å². The smallest absolute Gasteiger partial charge is 0.254 e. The molecule has 0 spiro atoms. The number of carbonyl (C=O) groups is 1. The van der Waals surface area contributed by atoms with Gasteiger partial charge in [0.2, 0.25) is 0 Å². The fourth-order valence-corrected chi connectivity index (χ4v) is 5.95. The van der Waals surface area contributed by atoms with E-state index in [0.29, 0.717) is 24.5 Å². The largest absolute Gasteiger partial charge is 0.379 e. The average molecular weight is 466 g/mol. The molecule has 0 aliphatic carbocycles. The Labute approximate surface area is 205 Å². The van der Waals surface area contributed by atoms with Gasteiger partial charge in [0.15, 0.2) is 0 Å². The van der Waals surface area contributed by atoms with Crippen LogP contribution >= 0.6 is 0 Å². The van der Waals surface area contributed by atoms with E-state index in [2.05, 4.69) is 45.3 Å². The number of benzene rings is 1. The Morgan fingerprint density at radius 2 is 1.91 bits per heavy atom. The van der Waals surface area contributed by atoms with Gasteiger partial charge in [0, 0.05) is 46.8 Å². The van der Waals surface area contributed by atoms with Gasteiger partial charge in [-0.2, -0.15) is 0 Å². The van der Waals surface area contributed by atoms with Crippen LogP contribution in [0.25, 0.3) is 11.0 Å². The third-order valence-corrected chi connectivity index (χ3v) is 7.70. The number of H-pyrrole nitrogens is 1. The quantitative estimate of drug-likeness (QED) is 0.394. The van der Waals surface area contributed by atoms with Crippen LogP contribution in [0.4, 0.5) is 5.69 Å². The summed E-state index contributed by atoms with van der Waals surface area (Å²) < 4.78 is 0. The van der Waals surface area contributed by atoms with Crippen molar-refractivity contribution in [2.24, 2.45) is 5.92 Å². The van der Waals surface area contributed by atoms with Crippen molar-refractivity contribution in [1.29, 1.82) is 0 Å². The van der Waals surface area contributed by atoms with E-state index < -0.39 is 0 Å². The van der Waals surface area contributed by atoms with E-state index in [1.165, 1.54) is 0 Å². The summed E-state index contributed by atoms with van der Waals surface area (Å²) in [5.74, 6) is 0.743. The van der Waals surface area contributed by atoms with Crippen LogP contribution in [0.15, 0.2) is 67.0 Å². The lowest BCUT2D eigenvalue weighted by molar-refractivity contribution is 0.0524. The second kappa shape index (κ2) is 9.17. The van der Waals surface area contributed by atoms with Gasteiger partial charge in [0.1, 0.15) is 5.65 Å². The maximum Gasteiger partial charge on any atom is 0.254 e. The maximum atomic E-state index is 13.6. The topological polar surface area (TPSA) is 73.9 Å². The molecule has 6 nitrogen and oxygen atoms in total. The number of aromatic nitrogens is 3. The van der Waals surface area contributed by atoms with E-state index in [-0.39, 0.29) is 5.91 Å². The lowest BCUT2D eigenvalue weighted by Crippen LogP contribution is -2.47. The number of aryl methyl sites for hydroxylation is 1. The number of amides is 1. The van der Waals surface area contributed by atoms with Crippen LogP contribution in [0.2, 0.25) is 0 Å². The molecule has 0 saturated carbocycles. The summed E-state index contributed by atoms with van der Waals surface area (Å²) in [6.45, 7) is 2.71. The molecule has 35 heavy (non-hydrogen) atoms. The van der Waals surface area contributed by atoms with E-state index in [1.807, 2.05) is 42.6 Å². The number of rotatable bonds is 6. The molecule has 6 heteroatoms. The van der Waals surface area contributed by atoms with Crippen LogP contribution in [0, 0.1) is 12.8 Å². The Kier molecular flexibility index (Phi) is 5.72. The van der Waals surface area contributed by atoms with Crippen LogP contribution in [-0.2, 0) is 13.0 Å². The van der Waals surface area contributed by atoms with Crippen molar-refractivity contribution in [3.8, 4) is 0 Å². The Morgan fingerprint density at radius 3 is 2.71 bits per heavy atom. The highest BCUT2D eigenvalue weighted by molar-refractivity contribution is 5.96. The number of aromatic amines is 1. The Balaban J connectivity index is 1.14. The number of piperidine rings is 1. The number of nitrogens with zero attached hydrogens (tertiary/aromatic N) is 3. The van der Waals surface area contributed by atoms with Crippen LogP contribution in [-0.4, -0.2) is 37.8 Å². The van der Waals surface area contributed by atoms with Gasteiger partial charge in [-0.3, -0.25) is 9.78 Å². The molecular formula is C29H31N5O. The summed E-state index contributed by atoms with van der Waals surface area (Å²) >= 11 is 0. The van der Waals surface area contributed by atoms with Crippen molar-refractivity contribution in [3.05, 3.63) is 89.5 Å². The third kappa shape index (κ3) is 4.41. The highest BCUT2D eigenvalue weighted by Crippen LogP contribution is 2.41. The highest BCUT2D eigenvalue weighted by Gasteiger charge is 2.43. The molecule has 2 N–H and O–H groups in total. The minimum Gasteiger partial charge on any atom is -0.379 e. The number of carbonyl (C=O) groups excluding carboxylic acids is 1. The van der Waals surface area contributed by atoms with Crippen LogP contribution < -0.4 is 5.32 Å². The van der Waals surface area contributed by atoms with Gasteiger partial charge in [-0.05, 0) is 93.0 Å². The summed E-state index contributed by atoms with van der Waals surface area (Å²) in [5.41, 5.74) is 5.98. The molecule has 0 unspecified atom stereocenters. The molecule has 178 valence electrons. The number of fused-ring (bicyclic) bond motifs is 3. The Hall–Kier alpha value is -3.67. The predicted molar refractivity (Wildman–Crippen MR) is 138 cm³/mol. The van der Waals surface area contributed by atoms with Crippen molar-refractivity contribution in [3.63, 3.8) is 0 Å². The summed E-state index contributed by atoms with van der Waals surface area (Å²) in [5, 5.41) is 4.62. The van der Waals surface area contributed by atoms with Gasteiger partial charge in [0.25, 0.3) is 5.91 Å².